The Hall–Kier alpha value is -0.410. The molecule has 0 radical (unpaired) electrons. The van der Waals surface area contributed by atoms with Crippen molar-refractivity contribution in [3.63, 3.8) is 0 Å². The van der Waals surface area contributed by atoms with Crippen LogP contribution in [0.1, 0.15) is 13.3 Å². The second-order valence-electron chi connectivity index (χ2n) is 2.97. The first kappa shape index (κ1) is 12.6. The van der Waals surface area contributed by atoms with Gasteiger partial charge in [0, 0.05) is 19.8 Å². The molecule has 2 nitrogen and oxygen atoms in total. The van der Waals surface area contributed by atoms with Gasteiger partial charge in [0.25, 0.3) is 0 Å². The van der Waals surface area contributed by atoms with Crippen LogP contribution >= 0.6 is 11.8 Å². The van der Waals surface area contributed by atoms with Crippen molar-refractivity contribution in [1.82, 2.24) is 4.90 Å². The molecule has 76 valence electrons. The molecule has 1 unspecified atom stereocenters. The average molecular weight is 201 g/mol. The molecule has 0 aliphatic carbocycles. The Balaban J connectivity index is 4.22. The van der Waals surface area contributed by atoms with Crippen LogP contribution in [0.25, 0.3) is 0 Å². The van der Waals surface area contributed by atoms with Gasteiger partial charge in [-0.15, -0.1) is 18.3 Å². The van der Waals surface area contributed by atoms with E-state index in [4.69, 9.17) is 0 Å². The molecule has 13 heavy (non-hydrogen) atoms. The zero-order chi connectivity index (χ0) is 10.3. The molecule has 1 N–H and O–H groups in total. The summed E-state index contributed by atoms with van der Waals surface area (Å²) >= 11 is 1.68. The van der Waals surface area contributed by atoms with Crippen molar-refractivity contribution in [2.75, 3.05) is 19.8 Å². The van der Waals surface area contributed by atoms with Gasteiger partial charge in [-0.3, -0.25) is 0 Å². The largest absolute Gasteiger partial charge is 0.389 e. The molecule has 0 fully saturated rings. The minimum Gasteiger partial charge on any atom is -0.389 e. The van der Waals surface area contributed by atoms with Crippen molar-refractivity contribution in [2.45, 2.75) is 19.4 Å². The summed E-state index contributed by atoms with van der Waals surface area (Å²) in [7, 11) is 3.95. The second-order valence-corrected chi connectivity index (χ2v) is 4.01. The van der Waals surface area contributed by atoms with E-state index in [2.05, 4.69) is 6.58 Å². The maximum absolute atomic E-state index is 9.43. The third-order valence-corrected chi connectivity index (χ3v) is 2.74. The number of hydrogen-bond acceptors (Lipinski definition) is 3. The first-order chi connectivity index (χ1) is 6.11. The quantitative estimate of drug-likeness (QED) is 0.666. The minimum absolute atomic E-state index is 0.338. The third-order valence-electron chi connectivity index (χ3n) is 1.54. The third kappa shape index (κ3) is 5.77. The lowest BCUT2D eigenvalue weighted by molar-refractivity contribution is 0.217. The van der Waals surface area contributed by atoms with Crippen molar-refractivity contribution in [3.8, 4) is 0 Å². The van der Waals surface area contributed by atoms with E-state index in [0.717, 1.165) is 17.2 Å². The molecule has 0 aromatic carbocycles. The Morgan fingerprint density at radius 2 is 2.23 bits per heavy atom. The summed E-state index contributed by atoms with van der Waals surface area (Å²) in [5.74, 6) is 0.875. The number of hydrogen-bond donors (Lipinski definition) is 1. The van der Waals surface area contributed by atoms with Gasteiger partial charge in [-0.2, -0.15) is 0 Å². The number of thioether (sulfide) groups is 1. The van der Waals surface area contributed by atoms with Crippen molar-refractivity contribution >= 4 is 11.8 Å². The Morgan fingerprint density at radius 1 is 1.62 bits per heavy atom. The van der Waals surface area contributed by atoms with Crippen molar-refractivity contribution < 1.29 is 5.11 Å². The number of rotatable bonds is 6. The fourth-order valence-corrected chi connectivity index (χ4v) is 1.55. The maximum atomic E-state index is 9.43. The number of aliphatic hydroxyl groups excluding tert-OH is 1. The summed E-state index contributed by atoms with van der Waals surface area (Å²) in [5, 5.41) is 10.5. The van der Waals surface area contributed by atoms with E-state index in [0.29, 0.717) is 0 Å². The van der Waals surface area contributed by atoms with E-state index in [1.54, 1.807) is 11.8 Å². The Labute approximate surface area is 85.3 Å². The molecule has 0 amide bonds. The van der Waals surface area contributed by atoms with Crippen molar-refractivity contribution in [3.05, 3.63) is 23.8 Å². The summed E-state index contributed by atoms with van der Waals surface area (Å²) in [5.41, 5.74) is 0. The van der Waals surface area contributed by atoms with Gasteiger partial charge in [0.1, 0.15) is 0 Å². The van der Waals surface area contributed by atoms with Gasteiger partial charge in [-0.25, -0.2) is 0 Å². The molecular weight excluding hydrogens is 182 g/mol. The smallest absolute Gasteiger partial charge is 0.0746 e. The first-order valence-electron chi connectivity index (χ1n) is 4.42. The second kappa shape index (κ2) is 7.04. The van der Waals surface area contributed by atoms with Crippen LogP contribution in [0, 0.1) is 0 Å². The highest BCUT2D eigenvalue weighted by Gasteiger charge is 2.03. The molecule has 0 saturated carbocycles. The van der Waals surface area contributed by atoms with E-state index < -0.39 is 0 Å². The van der Waals surface area contributed by atoms with Gasteiger partial charge in [0.15, 0.2) is 0 Å². The molecule has 0 bridgehead atoms. The van der Waals surface area contributed by atoms with Crippen LogP contribution in [-0.2, 0) is 0 Å². The SMILES string of the molecule is C=CCS/C(=C\C(O)CC)N(C)C. The van der Waals surface area contributed by atoms with E-state index in [1.807, 2.05) is 38.1 Å². The normalized spacial score (nSPS) is 14.0. The number of aliphatic hydroxyl groups is 1. The highest BCUT2D eigenvalue weighted by atomic mass is 32.2. The zero-order valence-electron chi connectivity index (χ0n) is 8.66. The summed E-state index contributed by atoms with van der Waals surface area (Å²) in [6, 6.07) is 0. The van der Waals surface area contributed by atoms with Crippen molar-refractivity contribution in [2.24, 2.45) is 0 Å². The van der Waals surface area contributed by atoms with Crippen LogP contribution in [0.3, 0.4) is 0 Å². The molecule has 0 spiro atoms. The molecule has 0 aliphatic rings. The van der Waals surface area contributed by atoms with Gasteiger partial charge in [0.2, 0.25) is 0 Å². The lowest BCUT2D eigenvalue weighted by atomic mass is 10.3. The van der Waals surface area contributed by atoms with Crippen molar-refractivity contribution in [1.29, 1.82) is 0 Å². The predicted octanol–water partition coefficient (Wildman–Crippen LogP) is 2.08. The lowest BCUT2D eigenvalue weighted by Crippen LogP contribution is -2.12. The Bertz CT molecular complexity index is 178. The van der Waals surface area contributed by atoms with Gasteiger partial charge < -0.3 is 10.0 Å². The van der Waals surface area contributed by atoms with Crippen LogP contribution in [0.5, 0.6) is 0 Å². The van der Waals surface area contributed by atoms with E-state index >= 15 is 0 Å². The Morgan fingerprint density at radius 3 is 2.62 bits per heavy atom. The Kier molecular flexibility index (Phi) is 6.82. The fourth-order valence-electron chi connectivity index (χ4n) is 0.753. The molecule has 0 aliphatic heterocycles. The van der Waals surface area contributed by atoms with Crippen LogP contribution < -0.4 is 0 Å². The molecule has 1 atom stereocenters. The van der Waals surface area contributed by atoms with Crippen LogP contribution in [-0.4, -0.2) is 36.0 Å². The standard InChI is InChI=1S/C10H19NOS/c1-5-7-13-10(11(3)4)8-9(12)6-2/h5,8-9,12H,1,6-7H2,2-4H3/b10-8-. The first-order valence-corrected chi connectivity index (χ1v) is 5.41. The van der Waals surface area contributed by atoms with E-state index in [-0.39, 0.29) is 6.10 Å². The van der Waals surface area contributed by atoms with Crippen LogP contribution in [0.4, 0.5) is 0 Å². The molecule has 0 aromatic heterocycles. The van der Waals surface area contributed by atoms with Gasteiger partial charge in [-0.1, -0.05) is 13.0 Å². The molecule has 0 saturated heterocycles. The molecular formula is C10H19NOS. The average Bonchev–Trinajstić information content (AvgIpc) is 2.11. The van der Waals surface area contributed by atoms with E-state index in [1.165, 1.54) is 0 Å². The highest BCUT2D eigenvalue weighted by Crippen LogP contribution is 2.18. The predicted molar refractivity (Wildman–Crippen MR) is 60.7 cm³/mol. The monoisotopic (exact) mass is 201 g/mol. The molecule has 0 aromatic rings. The van der Waals surface area contributed by atoms with Gasteiger partial charge >= 0.3 is 0 Å². The molecule has 3 heteroatoms. The topological polar surface area (TPSA) is 23.5 Å². The molecule has 0 rings (SSSR count). The highest BCUT2D eigenvalue weighted by molar-refractivity contribution is 8.03. The fraction of sp³-hybridized carbons (Fsp3) is 0.600. The summed E-state index contributed by atoms with van der Waals surface area (Å²) in [4.78, 5) is 2.01. The number of nitrogens with zero attached hydrogens (tertiary/aromatic N) is 1. The van der Waals surface area contributed by atoms with Crippen LogP contribution in [0.15, 0.2) is 23.8 Å². The van der Waals surface area contributed by atoms with Gasteiger partial charge in [0.05, 0.1) is 11.1 Å². The minimum atomic E-state index is -0.338. The summed E-state index contributed by atoms with van der Waals surface area (Å²) in [6.07, 6.45) is 4.16. The lowest BCUT2D eigenvalue weighted by Gasteiger charge is -2.17. The van der Waals surface area contributed by atoms with E-state index in [9.17, 15) is 5.11 Å². The molecule has 0 heterocycles. The maximum Gasteiger partial charge on any atom is 0.0746 e. The van der Waals surface area contributed by atoms with Crippen LogP contribution in [0.2, 0.25) is 0 Å². The summed E-state index contributed by atoms with van der Waals surface area (Å²) in [6.45, 7) is 5.63. The van der Waals surface area contributed by atoms with Gasteiger partial charge in [-0.05, 0) is 12.5 Å². The summed E-state index contributed by atoms with van der Waals surface area (Å²) < 4.78 is 0. The zero-order valence-corrected chi connectivity index (χ0v) is 9.47.